The number of rotatable bonds is 10. The predicted molar refractivity (Wildman–Crippen MR) is 130 cm³/mol. The third-order valence-electron chi connectivity index (χ3n) is 5.88. The third kappa shape index (κ3) is 6.69. The van der Waals surface area contributed by atoms with Crippen LogP contribution >= 0.6 is 0 Å². The van der Waals surface area contributed by atoms with E-state index in [-0.39, 0.29) is 19.8 Å². The zero-order valence-corrected chi connectivity index (χ0v) is 19.9. The van der Waals surface area contributed by atoms with E-state index in [0.717, 1.165) is 16.9 Å². The molecule has 0 amide bonds. The number of esters is 1. The van der Waals surface area contributed by atoms with Gasteiger partial charge in [-0.05, 0) is 35.4 Å². The van der Waals surface area contributed by atoms with Crippen LogP contribution in [0.5, 0.6) is 5.75 Å². The van der Waals surface area contributed by atoms with Crippen LogP contribution in [-0.2, 0) is 32.2 Å². The molecule has 1 aliphatic heterocycles. The van der Waals surface area contributed by atoms with Crippen molar-refractivity contribution in [2.75, 3.05) is 13.7 Å². The maximum Gasteiger partial charge on any atom is 0.338 e. The molecule has 3 aromatic carbocycles. The Bertz CT molecular complexity index is 1070. The number of ether oxygens (including phenoxy) is 5. The van der Waals surface area contributed by atoms with E-state index >= 15 is 0 Å². The van der Waals surface area contributed by atoms with Gasteiger partial charge in [-0.15, -0.1) is 0 Å². The molecule has 4 rings (SSSR count). The highest BCUT2D eigenvalue weighted by Crippen LogP contribution is 2.27. The summed E-state index contributed by atoms with van der Waals surface area (Å²) < 4.78 is 28.0. The predicted octanol–water partition coefficient (Wildman–Crippen LogP) is 3.10. The molecular formula is C28H30O8. The van der Waals surface area contributed by atoms with Gasteiger partial charge in [-0.2, -0.15) is 0 Å². The van der Waals surface area contributed by atoms with E-state index in [4.69, 9.17) is 23.7 Å². The number of benzene rings is 3. The van der Waals surface area contributed by atoms with Crippen LogP contribution in [-0.4, -0.2) is 60.6 Å². The second-order valence-corrected chi connectivity index (χ2v) is 8.42. The van der Waals surface area contributed by atoms with Gasteiger partial charge in [-0.1, -0.05) is 60.7 Å². The molecular weight excluding hydrogens is 464 g/mol. The summed E-state index contributed by atoms with van der Waals surface area (Å²) in [5.74, 6) is 0.0837. The number of hydrogen-bond donors (Lipinski definition) is 2. The second-order valence-electron chi connectivity index (χ2n) is 8.42. The Kier molecular flexibility index (Phi) is 9.05. The van der Waals surface area contributed by atoms with Gasteiger partial charge in [0.25, 0.3) is 0 Å². The molecule has 8 nitrogen and oxygen atoms in total. The summed E-state index contributed by atoms with van der Waals surface area (Å²) in [4.78, 5) is 12.7. The minimum atomic E-state index is -1.52. The van der Waals surface area contributed by atoms with Crippen LogP contribution in [0, 0.1) is 0 Å². The van der Waals surface area contributed by atoms with E-state index in [1.165, 1.54) is 0 Å². The van der Waals surface area contributed by atoms with Gasteiger partial charge in [-0.25, -0.2) is 4.79 Å². The molecule has 0 radical (unpaired) electrons. The number of carbonyl (C=O) groups is 1. The van der Waals surface area contributed by atoms with Crippen LogP contribution in [0.1, 0.15) is 21.5 Å². The number of aliphatic hydroxyl groups excluding tert-OH is 2. The summed E-state index contributed by atoms with van der Waals surface area (Å²) in [6, 6.07) is 25.2. The average Bonchev–Trinajstić information content (AvgIpc) is 2.92. The molecule has 0 saturated carbocycles. The third-order valence-corrected chi connectivity index (χ3v) is 5.88. The molecule has 190 valence electrons. The summed E-state index contributed by atoms with van der Waals surface area (Å²) in [6.45, 7) is 0.414. The van der Waals surface area contributed by atoms with Crippen molar-refractivity contribution in [3.05, 3.63) is 102 Å². The Morgan fingerprint density at radius 1 is 0.833 bits per heavy atom. The lowest BCUT2D eigenvalue weighted by Crippen LogP contribution is -2.60. The number of methoxy groups -OCH3 is 1. The van der Waals surface area contributed by atoms with E-state index in [1.807, 2.05) is 54.6 Å². The quantitative estimate of drug-likeness (QED) is 0.415. The van der Waals surface area contributed by atoms with Gasteiger partial charge in [0.2, 0.25) is 0 Å². The first-order valence-corrected chi connectivity index (χ1v) is 11.7. The van der Waals surface area contributed by atoms with Crippen molar-refractivity contribution in [1.82, 2.24) is 0 Å². The zero-order chi connectivity index (χ0) is 25.3. The second kappa shape index (κ2) is 12.6. The smallest absolute Gasteiger partial charge is 0.338 e. The molecule has 1 aliphatic rings. The molecule has 8 heteroatoms. The largest absolute Gasteiger partial charge is 0.497 e. The Hall–Kier alpha value is -3.27. The van der Waals surface area contributed by atoms with E-state index in [2.05, 4.69) is 0 Å². The highest BCUT2D eigenvalue weighted by atomic mass is 16.7. The Morgan fingerprint density at radius 3 is 2.14 bits per heavy atom. The molecule has 2 N–H and O–H groups in total. The van der Waals surface area contributed by atoms with Crippen LogP contribution in [0.2, 0.25) is 0 Å². The molecule has 0 aromatic heterocycles. The molecule has 5 atom stereocenters. The highest BCUT2D eigenvalue weighted by molar-refractivity contribution is 5.89. The van der Waals surface area contributed by atoms with Crippen molar-refractivity contribution < 1.29 is 38.7 Å². The summed E-state index contributed by atoms with van der Waals surface area (Å²) in [6.07, 6.45) is -5.92. The van der Waals surface area contributed by atoms with Crippen LogP contribution in [0.15, 0.2) is 84.9 Å². The van der Waals surface area contributed by atoms with E-state index in [9.17, 15) is 15.0 Å². The van der Waals surface area contributed by atoms with Crippen molar-refractivity contribution >= 4 is 5.97 Å². The fourth-order valence-electron chi connectivity index (χ4n) is 3.91. The Morgan fingerprint density at radius 2 is 1.47 bits per heavy atom. The molecule has 0 bridgehead atoms. The summed E-state index contributed by atoms with van der Waals surface area (Å²) in [5, 5.41) is 21.8. The minimum absolute atomic E-state index is 0.00515. The molecule has 3 aromatic rings. The Balaban J connectivity index is 1.43. The summed E-state index contributed by atoms with van der Waals surface area (Å²) in [5.41, 5.74) is 2.09. The van der Waals surface area contributed by atoms with Gasteiger partial charge in [0, 0.05) is 0 Å². The van der Waals surface area contributed by atoms with Crippen LogP contribution in [0.25, 0.3) is 0 Å². The maximum atomic E-state index is 12.7. The van der Waals surface area contributed by atoms with Crippen molar-refractivity contribution in [3.63, 3.8) is 0 Å². The lowest BCUT2D eigenvalue weighted by Gasteiger charge is -2.42. The molecule has 1 saturated heterocycles. The Labute approximate surface area is 210 Å². The van der Waals surface area contributed by atoms with E-state index in [1.54, 1.807) is 37.4 Å². The van der Waals surface area contributed by atoms with Gasteiger partial charge in [0.1, 0.15) is 24.1 Å². The molecule has 0 aliphatic carbocycles. The fourth-order valence-corrected chi connectivity index (χ4v) is 3.91. The normalized spacial score (nSPS) is 23.7. The van der Waals surface area contributed by atoms with Crippen molar-refractivity contribution in [2.24, 2.45) is 0 Å². The lowest BCUT2D eigenvalue weighted by atomic mass is 9.98. The molecule has 1 fully saturated rings. The average molecular weight is 495 g/mol. The van der Waals surface area contributed by atoms with Crippen LogP contribution in [0.3, 0.4) is 0 Å². The first-order valence-electron chi connectivity index (χ1n) is 11.7. The maximum absolute atomic E-state index is 12.7. The van der Waals surface area contributed by atoms with Gasteiger partial charge in [-0.3, -0.25) is 0 Å². The number of carbonyl (C=O) groups excluding carboxylic acids is 1. The lowest BCUT2D eigenvalue weighted by molar-refractivity contribution is -0.297. The monoisotopic (exact) mass is 494 g/mol. The minimum Gasteiger partial charge on any atom is -0.497 e. The zero-order valence-electron chi connectivity index (χ0n) is 19.9. The highest BCUT2D eigenvalue weighted by Gasteiger charge is 2.48. The van der Waals surface area contributed by atoms with Crippen molar-refractivity contribution in [1.29, 1.82) is 0 Å². The first-order chi connectivity index (χ1) is 17.5. The fraction of sp³-hybridized carbons (Fsp3) is 0.321. The van der Waals surface area contributed by atoms with Gasteiger partial charge >= 0.3 is 5.97 Å². The number of hydrogen-bond acceptors (Lipinski definition) is 8. The molecule has 0 unspecified atom stereocenters. The SMILES string of the molecule is COc1ccc(COC[C@H]2O[C@H](O)[C@@H](OC(=O)c3ccccc3)[C@@H](OCc3ccccc3)[C@@H]2O)cc1. The molecule has 36 heavy (non-hydrogen) atoms. The number of aliphatic hydroxyl groups is 2. The summed E-state index contributed by atoms with van der Waals surface area (Å²) >= 11 is 0. The summed E-state index contributed by atoms with van der Waals surface area (Å²) in [7, 11) is 1.60. The van der Waals surface area contributed by atoms with E-state index in [0.29, 0.717) is 5.56 Å². The van der Waals surface area contributed by atoms with Crippen LogP contribution < -0.4 is 4.74 Å². The van der Waals surface area contributed by atoms with Crippen molar-refractivity contribution in [3.8, 4) is 5.75 Å². The van der Waals surface area contributed by atoms with Gasteiger partial charge in [0.15, 0.2) is 12.4 Å². The van der Waals surface area contributed by atoms with Crippen LogP contribution in [0.4, 0.5) is 0 Å². The standard InChI is InChI=1S/C28H30O8/c1-32-22-14-12-20(13-15-22)16-33-18-23-24(29)25(34-17-19-8-4-2-5-9-19)26(28(31)35-23)36-27(30)21-10-6-3-7-11-21/h2-15,23-26,28-29,31H,16-18H2,1H3/t23-,24-,25+,26+,28+/m1/s1. The topological polar surface area (TPSA) is 104 Å². The van der Waals surface area contributed by atoms with Gasteiger partial charge in [0.05, 0.1) is 32.5 Å². The molecule has 1 heterocycles. The van der Waals surface area contributed by atoms with E-state index < -0.39 is 36.7 Å². The van der Waals surface area contributed by atoms with Gasteiger partial charge < -0.3 is 33.9 Å². The first kappa shape index (κ1) is 25.8. The molecule has 0 spiro atoms. The van der Waals surface area contributed by atoms with Crippen molar-refractivity contribution in [2.45, 2.75) is 43.9 Å².